The smallest absolute Gasteiger partial charge is 0.558 e. The van der Waals surface area contributed by atoms with Gasteiger partial charge in [-0.1, -0.05) is 0 Å². The van der Waals surface area contributed by atoms with Crippen molar-refractivity contribution >= 4 is 31.6 Å². The van der Waals surface area contributed by atoms with Crippen molar-refractivity contribution in [2.45, 2.75) is 11.3 Å². The Bertz CT molecular complexity index is 624. The molecule has 0 amide bonds. The van der Waals surface area contributed by atoms with Crippen LogP contribution in [0.25, 0.3) is 15.4 Å². The third-order valence-corrected chi connectivity index (χ3v) is 4.15. The van der Waals surface area contributed by atoms with E-state index >= 15 is 0 Å². The van der Waals surface area contributed by atoms with Crippen molar-refractivity contribution in [1.82, 2.24) is 4.98 Å². The molecule has 0 bridgehead atoms. The number of nitrogens with zero attached hydrogens (tertiary/aromatic N) is 1. The van der Waals surface area contributed by atoms with Crippen LogP contribution in [0, 0.1) is 0 Å². The van der Waals surface area contributed by atoms with Gasteiger partial charge in [-0.25, -0.2) is 13.4 Å². The van der Waals surface area contributed by atoms with Gasteiger partial charge in [-0.2, -0.15) is 0 Å². The number of aromatic nitrogens is 1. The molecule has 1 aromatic heterocycles. The van der Waals surface area contributed by atoms with E-state index in [9.17, 15) is 8.42 Å². The van der Waals surface area contributed by atoms with Gasteiger partial charge in [-0.05, 0) is 25.1 Å². The van der Waals surface area contributed by atoms with Gasteiger partial charge in [-0.3, -0.25) is 0 Å². The maximum absolute atomic E-state index is 11.0. The van der Waals surface area contributed by atoms with Crippen LogP contribution in [0.3, 0.4) is 0 Å². The third kappa shape index (κ3) is 3.40. The van der Waals surface area contributed by atoms with Crippen LogP contribution in [0.2, 0.25) is 0 Å². The molecule has 0 saturated heterocycles. The maximum atomic E-state index is 11.0. The standard InChI is InChI=1S/C9H9N2O3S2.Na/c1-2-14-6-3-4-7-8(5-6)15-9(11-7)16(10,12)13;/h3-5H,2H2,1H3,(H-,10,12,13);/q-1;+1. The van der Waals surface area contributed by atoms with Crippen molar-refractivity contribution in [2.24, 2.45) is 0 Å². The number of ether oxygens (including phenoxy) is 1. The van der Waals surface area contributed by atoms with Gasteiger partial charge in [0.25, 0.3) is 0 Å². The first-order valence-corrected chi connectivity index (χ1v) is 6.83. The van der Waals surface area contributed by atoms with Gasteiger partial charge in [0.15, 0.2) is 4.34 Å². The Kier molecular flexibility index (Phi) is 4.94. The molecule has 1 heterocycles. The van der Waals surface area contributed by atoms with Gasteiger partial charge in [0.2, 0.25) is 0 Å². The van der Waals surface area contributed by atoms with Crippen molar-refractivity contribution < 1.29 is 42.7 Å². The Morgan fingerprint density at radius 2 is 2.18 bits per heavy atom. The normalized spacial score (nSPS) is 11.2. The second kappa shape index (κ2) is 5.64. The van der Waals surface area contributed by atoms with E-state index in [0.717, 1.165) is 11.3 Å². The molecule has 0 aliphatic heterocycles. The zero-order valence-corrected chi connectivity index (χ0v) is 13.1. The quantitative estimate of drug-likeness (QED) is 0.706. The van der Waals surface area contributed by atoms with Crippen LogP contribution >= 0.6 is 11.3 Å². The van der Waals surface area contributed by atoms with Crippen LogP contribution in [0.4, 0.5) is 0 Å². The van der Waals surface area contributed by atoms with Crippen LogP contribution in [0.5, 0.6) is 5.75 Å². The molecule has 0 spiro atoms. The van der Waals surface area contributed by atoms with Crippen molar-refractivity contribution in [3.63, 3.8) is 0 Å². The Hall–Kier alpha value is -0.180. The van der Waals surface area contributed by atoms with Crippen molar-refractivity contribution in [3.05, 3.63) is 23.3 Å². The van der Waals surface area contributed by atoms with E-state index in [1.54, 1.807) is 18.2 Å². The fourth-order valence-corrected chi connectivity index (χ4v) is 2.91. The summed E-state index contributed by atoms with van der Waals surface area (Å²) in [5.41, 5.74) is 0.569. The summed E-state index contributed by atoms with van der Waals surface area (Å²) in [7, 11) is -3.97. The molecule has 8 heteroatoms. The monoisotopic (exact) mass is 280 g/mol. The molecule has 86 valence electrons. The molecule has 0 fully saturated rings. The number of nitrogens with one attached hydrogen (secondary N) is 1. The van der Waals surface area contributed by atoms with Gasteiger partial charge in [0, 0.05) is 0 Å². The van der Waals surface area contributed by atoms with E-state index in [0.29, 0.717) is 22.6 Å². The summed E-state index contributed by atoms with van der Waals surface area (Å²) < 4.78 is 27.8. The van der Waals surface area contributed by atoms with Gasteiger partial charge < -0.3 is 9.88 Å². The maximum Gasteiger partial charge on any atom is 1.00 e. The minimum atomic E-state index is -3.97. The van der Waals surface area contributed by atoms with E-state index in [1.165, 1.54) is 0 Å². The van der Waals surface area contributed by atoms with E-state index in [4.69, 9.17) is 9.88 Å². The van der Waals surface area contributed by atoms with Gasteiger partial charge in [0.05, 0.1) is 16.8 Å². The Balaban J connectivity index is 0.00000144. The first-order valence-electron chi connectivity index (χ1n) is 4.53. The third-order valence-electron chi connectivity index (χ3n) is 1.88. The molecular formula is C9H9N2NaO3S2. The predicted molar refractivity (Wildman–Crippen MR) is 62.3 cm³/mol. The van der Waals surface area contributed by atoms with E-state index in [-0.39, 0.29) is 33.9 Å². The summed E-state index contributed by atoms with van der Waals surface area (Å²) in [5, 5.41) is 6.93. The summed E-state index contributed by atoms with van der Waals surface area (Å²) >= 11 is 0.978. The fraction of sp³-hybridized carbons (Fsp3) is 0.222. The summed E-state index contributed by atoms with van der Waals surface area (Å²) in [6.07, 6.45) is 0. The number of benzene rings is 1. The molecule has 1 N–H and O–H groups in total. The van der Waals surface area contributed by atoms with Crippen molar-refractivity contribution in [2.75, 3.05) is 6.61 Å². The second-order valence-electron chi connectivity index (χ2n) is 3.05. The summed E-state index contributed by atoms with van der Waals surface area (Å²) in [6, 6.07) is 5.14. The molecule has 0 atom stereocenters. The molecule has 17 heavy (non-hydrogen) atoms. The second-order valence-corrected chi connectivity index (χ2v) is 5.73. The molecular weight excluding hydrogens is 271 g/mol. The van der Waals surface area contributed by atoms with Crippen LogP contribution < -0.4 is 34.3 Å². The van der Waals surface area contributed by atoms with E-state index in [2.05, 4.69) is 4.98 Å². The molecule has 2 aromatic rings. The first kappa shape index (κ1) is 14.9. The summed E-state index contributed by atoms with van der Waals surface area (Å²) in [4.78, 5) is 3.87. The number of rotatable bonds is 3. The molecule has 1 aromatic carbocycles. The van der Waals surface area contributed by atoms with Gasteiger partial charge in [-0.15, -0.1) is 11.3 Å². The minimum Gasteiger partial charge on any atom is -0.558 e. The SMILES string of the molecule is CCOc1ccc2nc(S([NH-])(=O)=O)sc2c1.[Na+]. The van der Waals surface area contributed by atoms with Crippen LogP contribution in [0.1, 0.15) is 6.92 Å². The molecule has 0 saturated carbocycles. The topological polar surface area (TPSA) is 80.1 Å². The minimum absolute atomic E-state index is 0. The summed E-state index contributed by atoms with van der Waals surface area (Å²) in [6.45, 7) is 2.42. The van der Waals surface area contributed by atoms with Gasteiger partial charge in [0.1, 0.15) is 15.8 Å². The molecule has 0 radical (unpaired) electrons. The summed E-state index contributed by atoms with van der Waals surface area (Å²) in [5.74, 6) is 0.674. The van der Waals surface area contributed by atoms with Crippen LogP contribution in [-0.2, 0) is 10.0 Å². The number of hydrogen-bond donors (Lipinski definition) is 0. The Morgan fingerprint density at radius 3 is 2.76 bits per heavy atom. The number of thiazole rings is 1. The molecule has 0 aliphatic carbocycles. The van der Waals surface area contributed by atoms with Gasteiger partial charge >= 0.3 is 29.6 Å². The molecule has 5 nitrogen and oxygen atoms in total. The Morgan fingerprint density at radius 1 is 1.47 bits per heavy atom. The zero-order chi connectivity index (χ0) is 11.8. The Labute approximate surface area is 125 Å². The molecule has 0 aliphatic rings. The first-order chi connectivity index (χ1) is 7.50. The molecule has 0 unspecified atom stereocenters. The average molecular weight is 280 g/mol. The van der Waals surface area contributed by atoms with Crippen molar-refractivity contribution in [1.29, 1.82) is 0 Å². The van der Waals surface area contributed by atoms with E-state index < -0.39 is 10.0 Å². The molecule has 2 rings (SSSR count). The number of sulfonamides is 1. The largest absolute Gasteiger partial charge is 1.00 e. The van der Waals surface area contributed by atoms with Crippen LogP contribution in [-0.4, -0.2) is 20.0 Å². The van der Waals surface area contributed by atoms with Crippen LogP contribution in [0.15, 0.2) is 22.5 Å². The zero-order valence-electron chi connectivity index (χ0n) is 9.43. The average Bonchev–Trinajstić information content (AvgIpc) is 2.60. The predicted octanol–water partition coefficient (Wildman–Crippen LogP) is -0.560. The number of fused-ring (bicyclic) bond motifs is 1. The van der Waals surface area contributed by atoms with Crippen molar-refractivity contribution in [3.8, 4) is 5.75 Å². The number of hydrogen-bond acceptors (Lipinski definition) is 5. The fourth-order valence-electron chi connectivity index (χ4n) is 1.26. The van der Waals surface area contributed by atoms with E-state index in [1.807, 2.05) is 6.92 Å².